The number of nitrogens with one attached hydrogen (secondary N) is 1. The fraction of sp³-hybridized carbons (Fsp3) is 0.567. The number of H-pyrrole nitrogens is 1. The van der Waals surface area contributed by atoms with Crippen LogP contribution >= 0.6 is 0 Å². The van der Waals surface area contributed by atoms with Crippen molar-refractivity contribution in [1.29, 1.82) is 0 Å². The van der Waals surface area contributed by atoms with E-state index in [1.807, 2.05) is 16.8 Å². The van der Waals surface area contributed by atoms with Crippen molar-refractivity contribution >= 4 is 16.7 Å². The zero-order chi connectivity index (χ0) is 26.7. The van der Waals surface area contributed by atoms with E-state index in [0.717, 1.165) is 61.1 Å². The summed E-state index contributed by atoms with van der Waals surface area (Å²) in [7, 11) is 1.65. The number of piperidine rings is 1. The first-order valence-corrected chi connectivity index (χ1v) is 14.4. The van der Waals surface area contributed by atoms with Crippen LogP contribution in [-0.2, 0) is 4.74 Å². The highest BCUT2D eigenvalue weighted by molar-refractivity contribution is 5.85. The van der Waals surface area contributed by atoms with Gasteiger partial charge in [-0.25, -0.2) is 14.3 Å². The van der Waals surface area contributed by atoms with E-state index in [9.17, 15) is 4.79 Å². The van der Waals surface area contributed by atoms with Crippen molar-refractivity contribution in [3.05, 3.63) is 46.8 Å². The summed E-state index contributed by atoms with van der Waals surface area (Å²) in [4.78, 5) is 23.5. The van der Waals surface area contributed by atoms with Gasteiger partial charge in [0.2, 0.25) is 0 Å². The lowest BCUT2D eigenvalue weighted by Crippen LogP contribution is -2.53. The molecule has 9 heteroatoms. The van der Waals surface area contributed by atoms with Crippen LogP contribution < -0.4 is 10.4 Å². The van der Waals surface area contributed by atoms with Gasteiger partial charge < -0.3 is 19.4 Å². The molecule has 0 unspecified atom stereocenters. The van der Waals surface area contributed by atoms with Crippen LogP contribution in [0.1, 0.15) is 69.9 Å². The van der Waals surface area contributed by atoms with Gasteiger partial charge in [-0.15, -0.1) is 0 Å². The zero-order valence-corrected chi connectivity index (χ0v) is 23.2. The SMILES string of the molecule is COc1cc(-c2cc3[nH]c(=O)n(C4CCC(N5CCC6(CC5)COC6)CC4)c3cc2C(C)C)cn2ncnc12. The molecule has 7 rings (SSSR count). The molecule has 0 amide bonds. The van der Waals surface area contributed by atoms with Crippen molar-refractivity contribution < 1.29 is 9.47 Å². The minimum Gasteiger partial charge on any atom is -0.493 e. The molecule has 1 N–H and O–H groups in total. The van der Waals surface area contributed by atoms with Gasteiger partial charge in [0.25, 0.3) is 0 Å². The highest BCUT2D eigenvalue weighted by Gasteiger charge is 2.42. The number of hydrogen-bond donors (Lipinski definition) is 1. The van der Waals surface area contributed by atoms with Gasteiger partial charge in [-0.2, -0.15) is 5.10 Å². The van der Waals surface area contributed by atoms with Crippen molar-refractivity contribution in [2.24, 2.45) is 5.41 Å². The van der Waals surface area contributed by atoms with Gasteiger partial charge in [-0.1, -0.05) is 13.8 Å². The monoisotopic (exact) mass is 530 g/mol. The van der Waals surface area contributed by atoms with Crippen LogP contribution in [0.3, 0.4) is 0 Å². The van der Waals surface area contributed by atoms with Crippen LogP contribution in [0.4, 0.5) is 0 Å². The molecule has 3 aliphatic rings. The van der Waals surface area contributed by atoms with E-state index >= 15 is 0 Å². The molecule has 1 aliphatic carbocycles. The van der Waals surface area contributed by atoms with Gasteiger partial charge >= 0.3 is 5.69 Å². The van der Waals surface area contributed by atoms with E-state index in [2.05, 4.69) is 45.9 Å². The van der Waals surface area contributed by atoms with E-state index in [4.69, 9.17) is 9.47 Å². The Bertz CT molecular complexity index is 1560. The van der Waals surface area contributed by atoms with Crippen LogP contribution in [0.15, 0.2) is 35.5 Å². The van der Waals surface area contributed by atoms with E-state index in [1.54, 1.807) is 11.6 Å². The highest BCUT2D eigenvalue weighted by atomic mass is 16.5. The number of rotatable bonds is 5. The average molecular weight is 531 g/mol. The number of nitrogens with zero attached hydrogens (tertiary/aromatic N) is 5. The first kappa shape index (κ1) is 24.8. The number of aromatic amines is 1. The first-order valence-electron chi connectivity index (χ1n) is 14.4. The van der Waals surface area contributed by atoms with Crippen LogP contribution in [0, 0.1) is 5.41 Å². The molecule has 0 atom stereocenters. The fourth-order valence-electron chi connectivity index (χ4n) is 7.20. The van der Waals surface area contributed by atoms with Crippen molar-refractivity contribution in [2.45, 2.75) is 70.4 Å². The molecule has 2 saturated heterocycles. The number of hydrogen-bond acceptors (Lipinski definition) is 6. The van der Waals surface area contributed by atoms with E-state index < -0.39 is 0 Å². The number of benzene rings is 1. The third-order valence-electron chi connectivity index (χ3n) is 9.61. The van der Waals surface area contributed by atoms with Gasteiger partial charge in [0.1, 0.15) is 6.33 Å². The smallest absolute Gasteiger partial charge is 0.326 e. The number of aromatic nitrogens is 5. The molecule has 9 nitrogen and oxygen atoms in total. The van der Waals surface area contributed by atoms with Gasteiger partial charge in [0.05, 0.1) is 31.4 Å². The van der Waals surface area contributed by atoms with Crippen LogP contribution in [0.25, 0.3) is 27.8 Å². The molecule has 206 valence electrons. The summed E-state index contributed by atoms with van der Waals surface area (Å²) in [5, 5.41) is 4.34. The summed E-state index contributed by atoms with van der Waals surface area (Å²) >= 11 is 0. The van der Waals surface area contributed by atoms with E-state index in [1.165, 1.54) is 37.8 Å². The van der Waals surface area contributed by atoms with Crippen LogP contribution in [0.5, 0.6) is 5.75 Å². The van der Waals surface area contributed by atoms with Crippen molar-refractivity contribution in [3.63, 3.8) is 0 Å². The quantitative estimate of drug-likeness (QED) is 0.400. The molecule has 1 saturated carbocycles. The standard InChI is InChI=1S/C30H38N6O3/c1-19(2)23-14-26-25(13-24(23)20-12-27(38-3)28-31-18-32-35(28)15-20)33-29(37)36(26)22-6-4-21(5-7-22)34-10-8-30(9-11-34)16-39-17-30/h12-15,18-19,21-22H,4-11,16-17H2,1-3H3,(H,33,37). The summed E-state index contributed by atoms with van der Waals surface area (Å²) in [5.74, 6) is 0.951. The Morgan fingerprint density at radius 2 is 1.82 bits per heavy atom. The highest BCUT2D eigenvalue weighted by Crippen LogP contribution is 2.41. The lowest BCUT2D eigenvalue weighted by Gasteiger charge is -2.49. The zero-order valence-electron chi connectivity index (χ0n) is 23.2. The number of pyridine rings is 1. The Balaban J connectivity index is 1.17. The molecule has 3 aromatic heterocycles. The molecule has 2 aliphatic heterocycles. The molecule has 1 spiro atoms. The Hall–Kier alpha value is -3.17. The third kappa shape index (κ3) is 4.17. The van der Waals surface area contributed by atoms with Gasteiger partial charge in [0, 0.05) is 29.3 Å². The largest absolute Gasteiger partial charge is 0.493 e. The Morgan fingerprint density at radius 3 is 2.49 bits per heavy atom. The van der Waals surface area contributed by atoms with Crippen LogP contribution in [-0.4, -0.2) is 68.5 Å². The number of likely N-dealkylation sites (tertiary alicyclic amines) is 1. The van der Waals surface area contributed by atoms with Gasteiger partial charge in [-0.05, 0) is 86.9 Å². The van der Waals surface area contributed by atoms with E-state index in [-0.39, 0.29) is 17.6 Å². The minimum atomic E-state index is -0.00508. The lowest BCUT2D eigenvalue weighted by atomic mass is 9.76. The van der Waals surface area contributed by atoms with Crippen molar-refractivity contribution in [3.8, 4) is 16.9 Å². The summed E-state index contributed by atoms with van der Waals surface area (Å²) in [6.45, 7) is 8.71. The predicted molar refractivity (Wildman–Crippen MR) is 151 cm³/mol. The Labute approximate surface area is 228 Å². The Morgan fingerprint density at radius 1 is 1.08 bits per heavy atom. The van der Waals surface area contributed by atoms with Crippen LogP contribution in [0.2, 0.25) is 0 Å². The van der Waals surface area contributed by atoms with Gasteiger partial charge in [0.15, 0.2) is 11.4 Å². The minimum absolute atomic E-state index is 0.00508. The van der Waals surface area contributed by atoms with Crippen molar-refractivity contribution in [2.75, 3.05) is 33.4 Å². The molecule has 1 aromatic carbocycles. The molecular weight excluding hydrogens is 492 g/mol. The Kier molecular flexibility index (Phi) is 6.04. The second-order valence-corrected chi connectivity index (χ2v) is 12.2. The molecule has 5 heterocycles. The van der Waals surface area contributed by atoms with E-state index in [0.29, 0.717) is 22.9 Å². The lowest BCUT2D eigenvalue weighted by molar-refractivity contribution is -0.143. The van der Waals surface area contributed by atoms with Crippen molar-refractivity contribution in [1.82, 2.24) is 29.0 Å². The molecular formula is C30H38N6O3. The topological polar surface area (TPSA) is 89.7 Å². The number of fused-ring (bicyclic) bond motifs is 2. The maximum absolute atomic E-state index is 13.3. The normalized spacial score (nSPS) is 23.6. The summed E-state index contributed by atoms with van der Waals surface area (Å²) in [6, 6.07) is 7.23. The summed E-state index contributed by atoms with van der Waals surface area (Å²) < 4.78 is 14.9. The molecule has 3 fully saturated rings. The summed E-state index contributed by atoms with van der Waals surface area (Å²) in [6.07, 6.45) is 10.4. The second kappa shape index (κ2) is 9.48. The maximum atomic E-state index is 13.3. The predicted octanol–water partition coefficient (Wildman–Crippen LogP) is 4.77. The second-order valence-electron chi connectivity index (χ2n) is 12.2. The fourth-order valence-corrected chi connectivity index (χ4v) is 7.20. The summed E-state index contributed by atoms with van der Waals surface area (Å²) in [5.41, 5.74) is 6.31. The molecule has 0 radical (unpaired) electrons. The van der Waals surface area contributed by atoms with Gasteiger partial charge in [-0.3, -0.25) is 4.57 Å². The number of ether oxygens (including phenoxy) is 2. The average Bonchev–Trinajstić information content (AvgIpc) is 3.54. The molecule has 4 aromatic rings. The number of imidazole rings is 1. The molecule has 0 bridgehead atoms. The first-order chi connectivity index (χ1) is 18.9. The third-order valence-corrected chi connectivity index (χ3v) is 9.61. The molecule has 39 heavy (non-hydrogen) atoms. The maximum Gasteiger partial charge on any atom is 0.326 e. The number of methoxy groups -OCH3 is 1.